The van der Waals surface area contributed by atoms with Gasteiger partial charge in [0.15, 0.2) is 0 Å². The Morgan fingerprint density at radius 3 is 2.71 bits per heavy atom. The molecule has 92 valence electrons. The van der Waals surface area contributed by atoms with Crippen molar-refractivity contribution in [3.63, 3.8) is 0 Å². The molecule has 0 aromatic heterocycles. The molecule has 3 nitrogen and oxygen atoms in total. The fraction of sp³-hybridized carbons (Fsp3) is 0.462. The molecule has 4 heteroatoms. The zero-order valence-electron chi connectivity index (χ0n) is 9.66. The minimum Gasteiger partial charge on any atom is -0.349 e. The third kappa shape index (κ3) is 3.07. The first kappa shape index (κ1) is 12.6. The maximum Gasteiger partial charge on any atom is 0.251 e. The first-order chi connectivity index (χ1) is 8.20. The maximum absolute atomic E-state index is 12.0. The highest BCUT2D eigenvalue weighted by atomic mass is 79.9. The summed E-state index contributed by atoms with van der Waals surface area (Å²) in [4.78, 5) is 12.0. The second kappa shape index (κ2) is 5.65. The predicted molar refractivity (Wildman–Crippen MR) is 71.8 cm³/mol. The topological polar surface area (TPSA) is 55.1 Å². The third-order valence-corrected chi connectivity index (χ3v) is 3.91. The lowest BCUT2D eigenvalue weighted by Gasteiger charge is -2.19. The van der Waals surface area contributed by atoms with Gasteiger partial charge in [0.05, 0.1) is 0 Å². The zero-order chi connectivity index (χ0) is 12.3. The van der Waals surface area contributed by atoms with Crippen molar-refractivity contribution in [1.29, 1.82) is 0 Å². The van der Waals surface area contributed by atoms with Crippen molar-refractivity contribution in [3.05, 3.63) is 34.3 Å². The molecule has 0 saturated heterocycles. The number of benzene rings is 1. The van der Waals surface area contributed by atoms with E-state index in [0.29, 0.717) is 18.0 Å². The maximum atomic E-state index is 12.0. The van der Waals surface area contributed by atoms with Gasteiger partial charge in [-0.25, -0.2) is 0 Å². The molecule has 2 rings (SSSR count). The van der Waals surface area contributed by atoms with E-state index in [-0.39, 0.29) is 11.9 Å². The van der Waals surface area contributed by atoms with Crippen LogP contribution in [-0.2, 0) is 0 Å². The Morgan fingerprint density at radius 2 is 2.06 bits per heavy atom. The van der Waals surface area contributed by atoms with Gasteiger partial charge in [0.25, 0.3) is 5.91 Å². The van der Waals surface area contributed by atoms with E-state index in [0.717, 1.165) is 23.7 Å². The molecular formula is C13H17BrN2O. The van der Waals surface area contributed by atoms with Crippen molar-refractivity contribution in [1.82, 2.24) is 5.32 Å². The fourth-order valence-corrected chi connectivity index (χ4v) is 2.63. The third-order valence-electron chi connectivity index (χ3n) is 3.38. The van der Waals surface area contributed by atoms with E-state index in [1.807, 2.05) is 24.3 Å². The summed E-state index contributed by atoms with van der Waals surface area (Å²) in [5.41, 5.74) is 6.41. The lowest BCUT2D eigenvalue weighted by atomic mass is 10.0. The Kier molecular flexibility index (Phi) is 4.18. The second-order valence-corrected chi connectivity index (χ2v) is 5.43. The molecule has 1 fully saturated rings. The van der Waals surface area contributed by atoms with Gasteiger partial charge < -0.3 is 11.1 Å². The molecule has 3 N–H and O–H groups in total. The molecule has 2 atom stereocenters. The normalized spacial score (nSPS) is 23.6. The zero-order valence-corrected chi connectivity index (χ0v) is 11.2. The highest BCUT2D eigenvalue weighted by Crippen LogP contribution is 2.24. The number of hydrogen-bond acceptors (Lipinski definition) is 2. The van der Waals surface area contributed by atoms with Crippen LogP contribution >= 0.6 is 15.9 Å². The Hall–Kier alpha value is -0.870. The molecule has 0 radical (unpaired) electrons. The second-order valence-electron chi connectivity index (χ2n) is 4.51. The number of halogens is 1. The summed E-state index contributed by atoms with van der Waals surface area (Å²) >= 11 is 3.36. The summed E-state index contributed by atoms with van der Waals surface area (Å²) in [6.45, 7) is 0.658. The molecule has 0 bridgehead atoms. The molecule has 1 aliphatic carbocycles. The van der Waals surface area contributed by atoms with E-state index < -0.39 is 0 Å². The van der Waals surface area contributed by atoms with E-state index in [9.17, 15) is 4.79 Å². The fourth-order valence-electron chi connectivity index (χ4n) is 2.36. The van der Waals surface area contributed by atoms with Crippen LogP contribution in [0.25, 0.3) is 0 Å². The minimum atomic E-state index is 0.00264. The SMILES string of the molecule is NCC1CCCC1NC(=O)c1ccc(Br)cc1. The van der Waals surface area contributed by atoms with Crippen molar-refractivity contribution < 1.29 is 4.79 Å². The largest absolute Gasteiger partial charge is 0.349 e. The molecule has 1 aromatic rings. The molecular weight excluding hydrogens is 280 g/mol. The number of rotatable bonds is 3. The predicted octanol–water partition coefficient (Wildman–Crippen LogP) is 2.31. The standard InChI is InChI=1S/C13H17BrN2O/c14-11-6-4-9(5-7-11)13(17)16-12-3-1-2-10(12)8-15/h4-7,10,12H,1-3,8,15H2,(H,16,17). The molecule has 1 saturated carbocycles. The first-order valence-electron chi connectivity index (χ1n) is 5.97. The van der Waals surface area contributed by atoms with Gasteiger partial charge in [-0.1, -0.05) is 22.4 Å². The number of carbonyl (C=O) groups excluding carboxylic acids is 1. The summed E-state index contributed by atoms with van der Waals surface area (Å²) in [5.74, 6) is 0.442. The van der Waals surface area contributed by atoms with E-state index in [1.165, 1.54) is 0 Å². The quantitative estimate of drug-likeness (QED) is 0.899. The first-order valence-corrected chi connectivity index (χ1v) is 6.76. The van der Waals surface area contributed by atoms with Gasteiger partial charge in [-0.2, -0.15) is 0 Å². The number of hydrogen-bond donors (Lipinski definition) is 2. The lowest BCUT2D eigenvalue weighted by molar-refractivity contribution is 0.0929. The Bertz CT molecular complexity index is 391. The summed E-state index contributed by atoms with van der Waals surface area (Å²) in [6.07, 6.45) is 3.33. The van der Waals surface area contributed by atoms with Gasteiger partial charge in [0, 0.05) is 16.1 Å². The molecule has 1 aliphatic rings. The van der Waals surface area contributed by atoms with Crippen molar-refractivity contribution in [2.24, 2.45) is 11.7 Å². The molecule has 1 amide bonds. The van der Waals surface area contributed by atoms with Crippen LogP contribution in [0.1, 0.15) is 29.6 Å². The van der Waals surface area contributed by atoms with Crippen LogP contribution < -0.4 is 11.1 Å². The van der Waals surface area contributed by atoms with E-state index in [2.05, 4.69) is 21.2 Å². The van der Waals surface area contributed by atoms with Crippen LogP contribution in [0.15, 0.2) is 28.7 Å². The molecule has 17 heavy (non-hydrogen) atoms. The van der Waals surface area contributed by atoms with Crippen molar-refractivity contribution in [3.8, 4) is 0 Å². The van der Waals surface area contributed by atoms with Crippen LogP contribution in [-0.4, -0.2) is 18.5 Å². The van der Waals surface area contributed by atoms with Crippen LogP contribution in [0, 0.1) is 5.92 Å². The van der Waals surface area contributed by atoms with Crippen molar-refractivity contribution in [2.45, 2.75) is 25.3 Å². The molecule has 0 aliphatic heterocycles. The van der Waals surface area contributed by atoms with Gasteiger partial charge in [0.2, 0.25) is 0 Å². The van der Waals surface area contributed by atoms with Crippen LogP contribution in [0.3, 0.4) is 0 Å². The summed E-state index contributed by atoms with van der Waals surface area (Å²) in [6, 6.07) is 7.65. The monoisotopic (exact) mass is 296 g/mol. The number of nitrogens with two attached hydrogens (primary N) is 1. The minimum absolute atomic E-state index is 0.00264. The van der Waals surface area contributed by atoms with E-state index in [4.69, 9.17) is 5.73 Å². The summed E-state index contributed by atoms with van der Waals surface area (Å²) in [7, 11) is 0. The number of nitrogens with one attached hydrogen (secondary N) is 1. The number of amides is 1. The average molecular weight is 297 g/mol. The molecule has 2 unspecified atom stereocenters. The molecule has 0 spiro atoms. The lowest BCUT2D eigenvalue weighted by Crippen LogP contribution is -2.39. The summed E-state index contributed by atoms with van der Waals surface area (Å²) in [5, 5.41) is 3.08. The van der Waals surface area contributed by atoms with Crippen LogP contribution in [0.2, 0.25) is 0 Å². The molecule has 1 aromatic carbocycles. The van der Waals surface area contributed by atoms with Crippen molar-refractivity contribution >= 4 is 21.8 Å². The van der Waals surface area contributed by atoms with Gasteiger partial charge in [-0.15, -0.1) is 0 Å². The van der Waals surface area contributed by atoms with E-state index in [1.54, 1.807) is 0 Å². The van der Waals surface area contributed by atoms with Gasteiger partial charge in [-0.05, 0) is 49.6 Å². The molecule has 0 heterocycles. The van der Waals surface area contributed by atoms with Gasteiger partial charge in [0.1, 0.15) is 0 Å². The number of carbonyl (C=O) groups is 1. The van der Waals surface area contributed by atoms with E-state index >= 15 is 0 Å². The summed E-state index contributed by atoms with van der Waals surface area (Å²) < 4.78 is 0.981. The average Bonchev–Trinajstić information content (AvgIpc) is 2.77. The van der Waals surface area contributed by atoms with Crippen LogP contribution in [0.4, 0.5) is 0 Å². The highest BCUT2D eigenvalue weighted by Gasteiger charge is 2.27. The highest BCUT2D eigenvalue weighted by molar-refractivity contribution is 9.10. The van der Waals surface area contributed by atoms with Crippen LogP contribution in [0.5, 0.6) is 0 Å². The Morgan fingerprint density at radius 1 is 1.35 bits per heavy atom. The van der Waals surface area contributed by atoms with Gasteiger partial charge >= 0.3 is 0 Å². The van der Waals surface area contributed by atoms with Crippen molar-refractivity contribution in [2.75, 3.05) is 6.54 Å². The van der Waals surface area contributed by atoms with Gasteiger partial charge in [-0.3, -0.25) is 4.79 Å². The smallest absolute Gasteiger partial charge is 0.251 e. The Balaban J connectivity index is 1.99. The Labute approximate surface area is 110 Å².